The molecule has 2 saturated carbocycles. The summed E-state index contributed by atoms with van der Waals surface area (Å²) in [5.41, 5.74) is 0.0765. The van der Waals surface area contributed by atoms with Crippen molar-refractivity contribution in [2.45, 2.75) is 37.8 Å². The number of benzene rings is 1. The second kappa shape index (κ2) is 7.27. The molecule has 0 aliphatic heterocycles. The van der Waals surface area contributed by atoms with Crippen molar-refractivity contribution in [2.75, 3.05) is 33.3 Å². The van der Waals surface area contributed by atoms with Gasteiger partial charge in [0.15, 0.2) is 0 Å². The molecule has 0 amide bonds. The summed E-state index contributed by atoms with van der Waals surface area (Å²) in [7, 11) is 2.21. The Bertz CT molecular complexity index is 544. The molecule has 2 aliphatic rings. The van der Waals surface area contributed by atoms with Gasteiger partial charge in [-0.2, -0.15) is 0 Å². The second-order valence-electron chi connectivity index (χ2n) is 6.58. The van der Waals surface area contributed by atoms with E-state index in [0.29, 0.717) is 18.4 Å². The predicted molar refractivity (Wildman–Crippen MR) is 88.8 cm³/mol. The highest BCUT2D eigenvalue weighted by atomic mass is 16.6. The molecule has 0 atom stereocenters. The van der Waals surface area contributed by atoms with Crippen molar-refractivity contribution in [1.29, 1.82) is 0 Å². The number of non-ortho nitro benzene ring substituents is 1. The Labute approximate surface area is 137 Å². The molecule has 6 nitrogen and oxygen atoms in total. The van der Waals surface area contributed by atoms with Gasteiger partial charge in [0.2, 0.25) is 0 Å². The maximum Gasteiger partial charge on any atom is 0.273 e. The van der Waals surface area contributed by atoms with Gasteiger partial charge in [-0.1, -0.05) is 6.07 Å². The van der Waals surface area contributed by atoms with Crippen LogP contribution in [-0.2, 0) is 0 Å². The predicted octanol–water partition coefficient (Wildman–Crippen LogP) is 2.53. The summed E-state index contributed by atoms with van der Waals surface area (Å²) < 4.78 is 5.71. The van der Waals surface area contributed by atoms with Crippen LogP contribution in [0.1, 0.15) is 25.7 Å². The molecular formula is C17H25N3O3. The van der Waals surface area contributed by atoms with Crippen LogP contribution in [0.5, 0.6) is 5.75 Å². The maximum atomic E-state index is 10.8. The van der Waals surface area contributed by atoms with Crippen LogP contribution in [0, 0.1) is 10.1 Å². The van der Waals surface area contributed by atoms with Crippen molar-refractivity contribution < 1.29 is 9.66 Å². The van der Waals surface area contributed by atoms with E-state index in [0.717, 1.165) is 25.7 Å². The summed E-state index contributed by atoms with van der Waals surface area (Å²) in [5, 5.41) is 10.8. The van der Waals surface area contributed by atoms with E-state index in [1.807, 2.05) is 0 Å². The zero-order valence-corrected chi connectivity index (χ0v) is 13.7. The third-order valence-corrected chi connectivity index (χ3v) is 4.65. The van der Waals surface area contributed by atoms with Crippen LogP contribution in [-0.4, -0.2) is 60.1 Å². The van der Waals surface area contributed by atoms with Crippen LogP contribution < -0.4 is 4.74 Å². The second-order valence-corrected chi connectivity index (χ2v) is 6.58. The number of rotatable bonds is 10. The molecule has 0 heterocycles. The molecule has 3 rings (SSSR count). The highest BCUT2D eigenvalue weighted by molar-refractivity contribution is 5.37. The van der Waals surface area contributed by atoms with E-state index in [9.17, 15) is 10.1 Å². The van der Waals surface area contributed by atoms with Gasteiger partial charge in [-0.15, -0.1) is 0 Å². The summed E-state index contributed by atoms with van der Waals surface area (Å²) in [6.07, 6.45) is 5.25. The molecule has 0 bridgehead atoms. The molecule has 126 valence electrons. The van der Waals surface area contributed by atoms with E-state index in [2.05, 4.69) is 16.8 Å². The first kappa shape index (κ1) is 16.2. The first-order chi connectivity index (χ1) is 11.1. The minimum absolute atomic E-state index is 0.0765. The van der Waals surface area contributed by atoms with Crippen molar-refractivity contribution in [3.8, 4) is 5.75 Å². The van der Waals surface area contributed by atoms with E-state index in [1.54, 1.807) is 12.1 Å². The third kappa shape index (κ3) is 4.91. The first-order valence-corrected chi connectivity index (χ1v) is 8.45. The monoisotopic (exact) mass is 319 g/mol. The smallest absolute Gasteiger partial charge is 0.273 e. The van der Waals surface area contributed by atoms with Gasteiger partial charge in [0.1, 0.15) is 12.4 Å². The van der Waals surface area contributed by atoms with Crippen LogP contribution in [0.25, 0.3) is 0 Å². The quantitative estimate of drug-likeness (QED) is 0.490. The lowest BCUT2D eigenvalue weighted by molar-refractivity contribution is -0.384. The minimum atomic E-state index is -0.392. The van der Waals surface area contributed by atoms with Gasteiger partial charge >= 0.3 is 0 Å². The fourth-order valence-electron chi connectivity index (χ4n) is 2.87. The summed E-state index contributed by atoms with van der Waals surface area (Å²) >= 11 is 0. The number of nitro benzene ring substituents is 1. The Morgan fingerprint density at radius 1 is 1.17 bits per heavy atom. The van der Waals surface area contributed by atoms with E-state index < -0.39 is 4.92 Å². The van der Waals surface area contributed by atoms with Crippen LogP contribution in [0.2, 0.25) is 0 Å². The number of nitro groups is 1. The number of nitrogens with zero attached hydrogens (tertiary/aromatic N) is 3. The highest BCUT2D eigenvalue weighted by Gasteiger charge is 2.30. The molecule has 23 heavy (non-hydrogen) atoms. The number of ether oxygens (including phenoxy) is 1. The van der Waals surface area contributed by atoms with Crippen molar-refractivity contribution in [2.24, 2.45) is 0 Å². The Hall–Kier alpha value is -1.66. The van der Waals surface area contributed by atoms with Crippen molar-refractivity contribution in [3.05, 3.63) is 34.4 Å². The fourth-order valence-corrected chi connectivity index (χ4v) is 2.87. The summed E-state index contributed by atoms with van der Waals surface area (Å²) in [4.78, 5) is 15.3. The zero-order valence-electron chi connectivity index (χ0n) is 13.7. The van der Waals surface area contributed by atoms with Gasteiger partial charge < -0.3 is 9.64 Å². The number of hydrogen-bond acceptors (Lipinski definition) is 5. The van der Waals surface area contributed by atoms with E-state index >= 15 is 0 Å². The highest BCUT2D eigenvalue weighted by Crippen LogP contribution is 2.28. The Balaban J connectivity index is 1.43. The van der Waals surface area contributed by atoms with Crippen LogP contribution in [0.15, 0.2) is 24.3 Å². The molecular weight excluding hydrogens is 294 g/mol. The normalized spacial score (nSPS) is 17.7. The van der Waals surface area contributed by atoms with E-state index in [1.165, 1.54) is 37.8 Å². The van der Waals surface area contributed by atoms with Gasteiger partial charge in [0.05, 0.1) is 11.0 Å². The van der Waals surface area contributed by atoms with Crippen LogP contribution >= 0.6 is 0 Å². The fraction of sp³-hybridized carbons (Fsp3) is 0.647. The number of likely N-dealkylation sites (N-methyl/N-ethyl adjacent to an activating group) is 1. The summed E-state index contributed by atoms with van der Waals surface area (Å²) in [6, 6.07) is 7.92. The number of hydrogen-bond donors (Lipinski definition) is 0. The molecule has 1 aromatic carbocycles. The molecule has 6 heteroatoms. The minimum Gasteiger partial charge on any atom is -0.492 e. The largest absolute Gasteiger partial charge is 0.492 e. The van der Waals surface area contributed by atoms with Gasteiger partial charge in [-0.3, -0.25) is 15.0 Å². The van der Waals surface area contributed by atoms with Crippen LogP contribution in [0.3, 0.4) is 0 Å². The maximum absolute atomic E-state index is 10.8. The Kier molecular flexibility index (Phi) is 5.13. The van der Waals surface area contributed by atoms with Gasteiger partial charge in [-0.05, 0) is 38.8 Å². The lowest BCUT2D eigenvalue weighted by atomic mass is 10.3. The van der Waals surface area contributed by atoms with Gasteiger partial charge in [0, 0.05) is 37.8 Å². The van der Waals surface area contributed by atoms with Crippen molar-refractivity contribution >= 4 is 5.69 Å². The lowest BCUT2D eigenvalue weighted by Gasteiger charge is -2.25. The lowest BCUT2D eigenvalue weighted by Crippen LogP contribution is -2.37. The SMILES string of the molecule is CN(CCN(CCOc1cccc([N+](=O)[O-])c1)C1CC1)C1CC1. The molecule has 0 radical (unpaired) electrons. The van der Waals surface area contributed by atoms with E-state index in [4.69, 9.17) is 4.74 Å². The Morgan fingerprint density at radius 3 is 2.57 bits per heavy atom. The molecule has 2 aliphatic carbocycles. The van der Waals surface area contributed by atoms with Crippen molar-refractivity contribution in [3.63, 3.8) is 0 Å². The molecule has 0 N–H and O–H groups in total. The standard InChI is InChI=1S/C17H25N3O3/c1-18(14-5-6-14)9-10-19(15-7-8-15)11-12-23-17-4-2-3-16(13-17)20(21)22/h2-4,13-15H,5-12H2,1H3. The molecule has 2 fully saturated rings. The molecule has 0 spiro atoms. The average Bonchev–Trinajstić information content (AvgIpc) is 3.41. The van der Waals surface area contributed by atoms with E-state index in [-0.39, 0.29) is 5.69 Å². The topological polar surface area (TPSA) is 58.8 Å². The van der Waals surface area contributed by atoms with Crippen molar-refractivity contribution in [1.82, 2.24) is 9.80 Å². The molecule has 1 aromatic rings. The average molecular weight is 319 g/mol. The molecule has 0 saturated heterocycles. The summed E-state index contributed by atoms with van der Waals surface area (Å²) in [5.74, 6) is 0.574. The third-order valence-electron chi connectivity index (χ3n) is 4.65. The first-order valence-electron chi connectivity index (χ1n) is 8.45. The Morgan fingerprint density at radius 2 is 1.91 bits per heavy atom. The zero-order chi connectivity index (χ0) is 16.2. The van der Waals surface area contributed by atoms with Gasteiger partial charge in [-0.25, -0.2) is 0 Å². The molecule has 0 unspecified atom stereocenters. The van der Waals surface area contributed by atoms with Gasteiger partial charge in [0.25, 0.3) is 5.69 Å². The molecule has 0 aromatic heterocycles. The van der Waals surface area contributed by atoms with Crippen LogP contribution in [0.4, 0.5) is 5.69 Å². The summed E-state index contributed by atoms with van der Waals surface area (Å²) in [6.45, 7) is 3.64.